The summed E-state index contributed by atoms with van der Waals surface area (Å²) in [4.78, 5) is 28.2. The van der Waals surface area contributed by atoms with Crippen LogP contribution in [0.25, 0.3) is 0 Å². The maximum atomic E-state index is 13.6. The van der Waals surface area contributed by atoms with Crippen LogP contribution >= 0.6 is 11.6 Å². The van der Waals surface area contributed by atoms with E-state index in [4.69, 9.17) is 16.3 Å². The highest BCUT2D eigenvalue weighted by atomic mass is 35.5. The minimum absolute atomic E-state index is 0.0592. The van der Waals surface area contributed by atoms with Crippen molar-refractivity contribution in [2.75, 3.05) is 24.2 Å². The lowest BCUT2D eigenvalue weighted by Gasteiger charge is -2.33. The Morgan fingerprint density at radius 2 is 1.63 bits per heavy atom. The first kappa shape index (κ1) is 28.5. The minimum atomic E-state index is -3.79. The van der Waals surface area contributed by atoms with Gasteiger partial charge in [0.1, 0.15) is 18.3 Å². The van der Waals surface area contributed by atoms with Crippen LogP contribution in [0.2, 0.25) is 5.02 Å². The fraction of sp³-hybridized carbons (Fsp3) is 0.440. The molecule has 2 atom stereocenters. The van der Waals surface area contributed by atoms with Crippen LogP contribution in [0, 0.1) is 0 Å². The largest absolute Gasteiger partial charge is 0.497 e. The number of hydrogen-bond acceptors (Lipinski definition) is 5. The van der Waals surface area contributed by atoms with Crippen molar-refractivity contribution in [1.82, 2.24) is 10.2 Å². The number of benzene rings is 2. The summed E-state index contributed by atoms with van der Waals surface area (Å²) < 4.78 is 31.4. The van der Waals surface area contributed by atoms with Crippen LogP contribution in [0.4, 0.5) is 5.69 Å². The Labute approximate surface area is 213 Å². The van der Waals surface area contributed by atoms with Gasteiger partial charge in [-0.1, -0.05) is 37.6 Å². The second kappa shape index (κ2) is 12.8. The third kappa shape index (κ3) is 8.14. The number of anilines is 1. The fourth-order valence-corrected chi connectivity index (χ4v) is 4.48. The topological polar surface area (TPSA) is 96.0 Å². The summed E-state index contributed by atoms with van der Waals surface area (Å²) >= 11 is 5.95. The average molecular weight is 524 g/mol. The normalized spacial score (nSPS) is 13.0. The summed E-state index contributed by atoms with van der Waals surface area (Å²) in [5.41, 5.74) is 1.10. The molecular weight excluding hydrogens is 490 g/mol. The molecule has 0 fully saturated rings. The molecule has 8 nitrogen and oxygen atoms in total. The van der Waals surface area contributed by atoms with Gasteiger partial charge in [0.05, 0.1) is 19.1 Å². The predicted molar refractivity (Wildman–Crippen MR) is 139 cm³/mol. The van der Waals surface area contributed by atoms with Crippen molar-refractivity contribution in [1.29, 1.82) is 0 Å². The Hall–Kier alpha value is -2.78. The molecule has 192 valence electrons. The number of halogens is 1. The summed E-state index contributed by atoms with van der Waals surface area (Å²) in [5, 5.41) is 3.39. The van der Waals surface area contributed by atoms with Crippen LogP contribution in [0.5, 0.6) is 5.75 Å². The van der Waals surface area contributed by atoms with E-state index in [9.17, 15) is 18.0 Å². The highest BCUT2D eigenvalue weighted by Crippen LogP contribution is 2.22. The molecule has 2 rings (SSSR count). The summed E-state index contributed by atoms with van der Waals surface area (Å²) in [5.74, 6) is -0.104. The Kier molecular flexibility index (Phi) is 10.4. The van der Waals surface area contributed by atoms with E-state index in [1.54, 1.807) is 31.4 Å². The number of sulfonamides is 1. The van der Waals surface area contributed by atoms with Gasteiger partial charge < -0.3 is 15.0 Å². The van der Waals surface area contributed by atoms with Crippen molar-refractivity contribution < 1.29 is 22.7 Å². The van der Waals surface area contributed by atoms with Gasteiger partial charge in [0.15, 0.2) is 0 Å². The number of carbonyl (C=O) groups is 2. The fourth-order valence-electron chi connectivity index (χ4n) is 3.51. The lowest BCUT2D eigenvalue weighted by Crippen LogP contribution is -2.53. The molecule has 2 amide bonds. The van der Waals surface area contributed by atoms with E-state index < -0.39 is 28.5 Å². The van der Waals surface area contributed by atoms with Gasteiger partial charge in [-0.2, -0.15) is 0 Å². The molecule has 0 aromatic heterocycles. The number of methoxy groups -OCH3 is 1. The molecule has 0 bridgehead atoms. The van der Waals surface area contributed by atoms with Gasteiger partial charge >= 0.3 is 0 Å². The second-order valence-electron chi connectivity index (χ2n) is 8.36. The van der Waals surface area contributed by atoms with Crippen LogP contribution in [0.3, 0.4) is 0 Å². The Balaban J connectivity index is 2.42. The van der Waals surface area contributed by atoms with Crippen LogP contribution in [0.1, 0.15) is 39.2 Å². The molecule has 0 saturated carbocycles. The first-order valence-corrected chi connectivity index (χ1v) is 13.7. The van der Waals surface area contributed by atoms with E-state index in [2.05, 4.69) is 5.32 Å². The monoisotopic (exact) mass is 523 g/mol. The van der Waals surface area contributed by atoms with E-state index >= 15 is 0 Å². The zero-order valence-corrected chi connectivity index (χ0v) is 22.4. The zero-order valence-electron chi connectivity index (χ0n) is 20.8. The number of rotatable bonds is 12. The average Bonchev–Trinajstić information content (AvgIpc) is 2.82. The second-order valence-corrected chi connectivity index (χ2v) is 10.7. The summed E-state index contributed by atoms with van der Waals surface area (Å²) in [6, 6.07) is 12.5. The van der Waals surface area contributed by atoms with Gasteiger partial charge in [0.25, 0.3) is 0 Å². The number of amides is 2. The standard InChI is InChI=1S/C25H34ClN3O5S/c1-6-18(3)27-25(31)23(7-2)28(16-19-8-14-22(34-4)15-9-19)24(30)17-29(35(5,32)33)21-12-10-20(26)11-13-21/h8-15,18,23H,6-7,16-17H2,1-5H3,(H,27,31)/t18-,23+/m1/s1. The molecule has 0 aliphatic heterocycles. The lowest BCUT2D eigenvalue weighted by atomic mass is 10.1. The molecule has 0 heterocycles. The Bertz CT molecular complexity index is 1090. The third-order valence-corrected chi connectivity index (χ3v) is 7.09. The maximum absolute atomic E-state index is 13.6. The van der Waals surface area contributed by atoms with Gasteiger partial charge in [-0.05, 0) is 61.7 Å². The highest BCUT2D eigenvalue weighted by Gasteiger charge is 2.32. The molecule has 1 N–H and O–H groups in total. The van der Waals surface area contributed by atoms with Crippen molar-refractivity contribution in [3.05, 3.63) is 59.1 Å². The van der Waals surface area contributed by atoms with E-state index in [0.717, 1.165) is 22.5 Å². The first-order valence-electron chi connectivity index (χ1n) is 11.5. The summed E-state index contributed by atoms with van der Waals surface area (Å²) in [7, 11) is -2.23. The summed E-state index contributed by atoms with van der Waals surface area (Å²) in [6.45, 7) is 5.36. The van der Waals surface area contributed by atoms with Crippen molar-refractivity contribution in [3.8, 4) is 5.75 Å². The lowest BCUT2D eigenvalue weighted by molar-refractivity contribution is -0.140. The highest BCUT2D eigenvalue weighted by molar-refractivity contribution is 7.92. The Morgan fingerprint density at radius 1 is 1.03 bits per heavy atom. The molecule has 0 aliphatic carbocycles. The van der Waals surface area contributed by atoms with Crippen LogP contribution in [0.15, 0.2) is 48.5 Å². The molecule has 2 aromatic carbocycles. The van der Waals surface area contributed by atoms with Crippen LogP contribution < -0.4 is 14.4 Å². The van der Waals surface area contributed by atoms with Crippen molar-refractivity contribution in [2.45, 2.75) is 52.2 Å². The van der Waals surface area contributed by atoms with Gasteiger partial charge in [-0.15, -0.1) is 0 Å². The molecule has 0 spiro atoms. The Morgan fingerprint density at radius 3 is 2.11 bits per heavy atom. The van der Waals surface area contributed by atoms with Gasteiger partial charge in [0.2, 0.25) is 21.8 Å². The molecule has 2 aromatic rings. The van der Waals surface area contributed by atoms with Crippen molar-refractivity contribution in [2.24, 2.45) is 0 Å². The molecule has 0 radical (unpaired) electrons. The number of nitrogens with zero attached hydrogens (tertiary/aromatic N) is 2. The molecular formula is C25H34ClN3O5S. The van der Waals surface area contributed by atoms with E-state index in [0.29, 0.717) is 22.9 Å². The minimum Gasteiger partial charge on any atom is -0.497 e. The van der Waals surface area contributed by atoms with Gasteiger partial charge in [0, 0.05) is 17.6 Å². The van der Waals surface area contributed by atoms with Crippen LogP contribution in [-0.2, 0) is 26.2 Å². The smallest absolute Gasteiger partial charge is 0.244 e. The molecule has 0 unspecified atom stereocenters. The predicted octanol–water partition coefficient (Wildman–Crippen LogP) is 3.84. The van der Waals surface area contributed by atoms with E-state index in [1.165, 1.54) is 17.0 Å². The van der Waals surface area contributed by atoms with Gasteiger partial charge in [-0.3, -0.25) is 13.9 Å². The molecule has 0 aliphatic rings. The number of hydrogen-bond donors (Lipinski definition) is 1. The van der Waals surface area contributed by atoms with Crippen molar-refractivity contribution >= 4 is 39.1 Å². The van der Waals surface area contributed by atoms with E-state index in [-0.39, 0.29) is 18.5 Å². The molecule has 10 heteroatoms. The van der Waals surface area contributed by atoms with Crippen LogP contribution in [-0.4, -0.2) is 57.1 Å². The molecule has 35 heavy (non-hydrogen) atoms. The zero-order chi connectivity index (χ0) is 26.2. The first-order chi connectivity index (χ1) is 16.5. The van der Waals surface area contributed by atoms with Gasteiger partial charge in [-0.25, -0.2) is 8.42 Å². The molecule has 0 saturated heterocycles. The number of carbonyl (C=O) groups excluding carboxylic acids is 2. The number of ether oxygens (including phenoxy) is 1. The third-order valence-electron chi connectivity index (χ3n) is 5.69. The van der Waals surface area contributed by atoms with Crippen molar-refractivity contribution in [3.63, 3.8) is 0 Å². The SMILES string of the molecule is CC[C@@H](C)NC(=O)[C@H](CC)N(Cc1ccc(OC)cc1)C(=O)CN(c1ccc(Cl)cc1)S(C)(=O)=O. The quantitative estimate of drug-likeness (QED) is 0.456. The maximum Gasteiger partial charge on any atom is 0.244 e. The number of nitrogens with one attached hydrogen (secondary N) is 1. The summed E-state index contributed by atoms with van der Waals surface area (Å²) in [6.07, 6.45) is 2.15. The van der Waals surface area contributed by atoms with E-state index in [1.807, 2.05) is 32.9 Å².